The third kappa shape index (κ3) is 1.22. The first-order valence-electron chi connectivity index (χ1n) is 5.81. The lowest BCUT2D eigenvalue weighted by atomic mass is 9.95. The van der Waals surface area contributed by atoms with Crippen LogP contribution in [0.25, 0.3) is 16.2 Å². The van der Waals surface area contributed by atoms with E-state index in [4.69, 9.17) is 0 Å². The molecule has 1 aromatic heterocycles. The van der Waals surface area contributed by atoms with E-state index in [0.717, 1.165) is 29.6 Å². The number of aldehydes is 1. The largest absolute Gasteiger partial charge is 0.298 e. The van der Waals surface area contributed by atoms with Crippen LogP contribution >= 0.6 is 11.3 Å². The molecule has 3 heteroatoms. The highest BCUT2D eigenvalue weighted by atomic mass is 32.1. The third-order valence-corrected chi connectivity index (χ3v) is 4.64. The van der Waals surface area contributed by atoms with Crippen molar-refractivity contribution in [2.24, 2.45) is 4.99 Å². The van der Waals surface area contributed by atoms with Gasteiger partial charge >= 0.3 is 0 Å². The van der Waals surface area contributed by atoms with Gasteiger partial charge in [-0.15, -0.1) is 11.3 Å². The second-order valence-corrected chi connectivity index (χ2v) is 5.59. The summed E-state index contributed by atoms with van der Waals surface area (Å²) in [6, 6.07) is 8.42. The lowest BCUT2D eigenvalue weighted by molar-refractivity contribution is -0.104. The van der Waals surface area contributed by atoms with Crippen molar-refractivity contribution in [3.63, 3.8) is 0 Å². The van der Waals surface area contributed by atoms with Crippen LogP contribution in [0.3, 0.4) is 0 Å². The van der Waals surface area contributed by atoms with Gasteiger partial charge < -0.3 is 0 Å². The van der Waals surface area contributed by atoms with Crippen LogP contribution in [0, 0.1) is 0 Å². The molecule has 4 rings (SSSR count). The smallest absolute Gasteiger partial charge is 0.151 e. The number of nitrogens with zero attached hydrogens (tertiary/aromatic N) is 1. The predicted octanol–water partition coefficient (Wildman–Crippen LogP) is 3.38. The molecular weight excluding hydrogens is 242 g/mol. The summed E-state index contributed by atoms with van der Waals surface area (Å²) in [5, 5.41) is 1.29. The zero-order valence-electron chi connectivity index (χ0n) is 9.51. The first kappa shape index (κ1) is 9.97. The summed E-state index contributed by atoms with van der Waals surface area (Å²) < 4.78 is 1.30. The molecule has 0 atom stereocenters. The highest BCUT2D eigenvalue weighted by molar-refractivity contribution is 7.19. The molecule has 0 amide bonds. The molecule has 2 aromatic rings. The molecule has 18 heavy (non-hydrogen) atoms. The molecule has 0 saturated carbocycles. The van der Waals surface area contributed by atoms with Gasteiger partial charge in [0.15, 0.2) is 6.29 Å². The number of thiophene rings is 1. The van der Waals surface area contributed by atoms with Crippen molar-refractivity contribution in [1.29, 1.82) is 0 Å². The maximum Gasteiger partial charge on any atom is 0.151 e. The number of hydrogen-bond donors (Lipinski definition) is 0. The number of carbonyl (C=O) groups excluding carboxylic acids is 1. The van der Waals surface area contributed by atoms with E-state index in [1.165, 1.54) is 20.5 Å². The Hall–Kier alpha value is -2.00. The summed E-state index contributed by atoms with van der Waals surface area (Å²) in [6.45, 7) is 0. The van der Waals surface area contributed by atoms with Crippen molar-refractivity contribution in [3.8, 4) is 0 Å². The van der Waals surface area contributed by atoms with E-state index in [0.29, 0.717) is 0 Å². The highest BCUT2D eigenvalue weighted by Crippen LogP contribution is 2.41. The van der Waals surface area contributed by atoms with Crippen molar-refractivity contribution < 1.29 is 4.79 Å². The van der Waals surface area contributed by atoms with E-state index in [1.807, 2.05) is 11.3 Å². The van der Waals surface area contributed by atoms with Crippen molar-refractivity contribution in [2.45, 2.75) is 6.42 Å². The van der Waals surface area contributed by atoms with Crippen molar-refractivity contribution >= 4 is 40.0 Å². The predicted molar refractivity (Wildman–Crippen MR) is 75.1 cm³/mol. The van der Waals surface area contributed by atoms with Gasteiger partial charge in [-0.25, -0.2) is 0 Å². The Morgan fingerprint density at radius 3 is 3.06 bits per heavy atom. The molecule has 2 nitrogen and oxygen atoms in total. The molecule has 1 aliphatic heterocycles. The number of aliphatic imine (C=N–C) groups is 1. The Kier molecular flexibility index (Phi) is 1.94. The Labute approximate surface area is 108 Å². The van der Waals surface area contributed by atoms with Gasteiger partial charge in [-0.1, -0.05) is 18.2 Å². The average Bonchev–Trinajstić information content (AvgIpc) is 2.96. The summed E-state index contributed by atoms with van der Waals surface area (Å²) in [5.74, 6) is 0. The Morgan fingerprint density at radius 1 is 1.28 bits per heavy atom. The number of allylic oxidation sites excluding steroid dienone is 2. The fraction of sp³-hybridized carbons (Fsp3) is 0.0667. The van der Waals surface area contributed by atoms with Gasteiger partial charge in [0.25, 0.3) is 0 Å². The molecule has 0 N–H and O–H groups in total. The van der Waals surface area contributed by atoms with Gasteiger partial charge in [-0.3, -0.25) is 9.79 Å². The molecular formula is C15H9NOS. The van der Waals surface area contributed by atoms with E-state index in [1.54, 1.807) is 6.21 Å². The Morgan fingerprint density at radius 2 is 2.17 bits per heavy atom. The minimum Gasteiger partial charge on any atom is -0.298 e. The summed E-state index contributed by atoms with van der Waals surface area (Å²) in [4.78, 5) is 16.6. The number of carbonyl (C=O) groups is 1. The number of hydrogen-bond acceptors (Lipinski definition) is 3. The normalized spacial score (nSPS) is 16.8. The lowest BCUT2D eigenvalue weighted by Gasteiger charge is -2.11. The summed E-state index contributed by atoms with van der Waals surface area (Å²) >= 11 is 1.81. The van der Waals surface area contributed by atoms with Crippen LogP contribution in [0.5, 0.6) is 0 Å². The molecule has 2 heterocycles. The summed E-state index contributed by atoms with van der Waals surface area (Å²) in [6.07, 6.45) is 5.51. The van der Waals surface area contributed by atoms with Crippen LogP contribution in [0.2, 0.25) is 0 Å². The Bertz CT molecular complexity index is 777. The highest BCUT2D eigenvalue weighted by Gasteiger charge is 2.24. The molecule has 0 saturated heterocycles. The SMILES string of the molecule is O=CC1=C2Cc3sc4ccccc4c3C=C2N=C1. The number of benzene rings is 1. The number of fused-ring (bicyclic) bond motifs is 4. The first-order valence-corrected chi connectivity index (χ1v) is 6.63. The van der Waals surface area contributed by atoms with Crippen molar-refractivity contribution in [3.05, 3.63) is 51.5 Å². The molecule has 1 aromatic carbocycles. The summed E-state index contributed by atoms with van der Waals surface area (Å²) in [5.41, 5.74) is 4.03. The minimum absolute atomic E-state index is 0.726. The zero-order valence-corrected chi connectivity index (χ0v) is 10.3. The molecule has 86 valence electrons. The van der Waals surface area contributed by atoms with Crippen LogP contribution in [0.4, 0.5) is 0 Å². The molecule has 0 spiro atoms. The molecule has 0 bridgehead atoms. The standard InChI is InChI=1S/C15H9NOS/c17-8-9-7-16-13-5-12-10-3-1-2-4-14(10)18-15(12)6-11(9)13/h1-5,7-8H,6H2. The zero-order chi connectivity index (χ0) is 12.1. The van der Waals surface area contributed by atoms with Gasteiger partial charge in [0, 0.05) is 33.2 Å². The van der Waals surface area contributed by atoms with Gasteiger partial charge in [0.2, 0.25) is 0 Å². The van der Waals surface area contributed by atoms with Crippen molar-refractivity contribution in [1.82, 2.24) is 0 Å². The minimum atomic E-state index is 0.726. The molecule has 0 unspecified atom stereocenters. The maximum absolute atomic E-state index is 11.0. The third-order valence-electron chi connectivity index (χ3n) is 3.46. The van der Waals surface area contributed by atoms with E-state index >= 15 is 0 Å². The van der Waals surface area contributed by atoms with Gasteiger partial charge in [-0.2, -0.15) is 0 Å². The fourth-order valence-electron chi connectivity index (χ4n) is 2.56. The maximum atomic E-state index is 11.0. The topological polar surface area (TPSA) is 29.4 Å². The first-order chi connectivity index (χ1) is 8.86. The van der Waals surface area contributed by atoms with Gasteiger partial charge in [0.1, 0.15) is 0 Å². The Balaban J connectivity index is 2.01. The van der Waals surface area contributed by atoms with Crippen molar-refractivity contribution in [2.75, 3.05) is 0 Å². The summed E-state index contributed by atoms with van der Waals surface area (Å²) in [7, 11) is 0. The number of rotatable bonds is 1. The lowest BCUT2D eigenvalue weighted by Crippen LogP contribution is -1.99. The second-order valence-electron chi connectivity index (χ2n) is 4.45. The molecule has 1 aliphatic carbocycles. The molecule has 2 aliphatic rings. The monoisotopic (exact) mass is 251 g/mol. The van der Waals surface area contributed by atoms with E-state index in [2.05, 4.69) is 35.3 Å². The van der Waals surface area contributed by atoms with Crippen LogP contribution in [0.15, 0.2) is 46.1 Å². The van der Waals surface area contributed by atoms with Crippen LogP contribution in [-0.2, 0) is 11.2 Å². The van der Waals surface area contributed by atoms with Crippen LogP contribution < -0.4 is 0 Å². The van der Waals surface area contributed by atoms with Gasteiger partial charge in [-0.05, 0) is 23.3 Å². The van der Waals surface area contributed by atoms with Gasteiger partial charge in [0.05, 0.1) is 5.70 Å². The van der Waals surface area contributed by atoms with E-state index in [9.17, 15) is 4.79 Å². The van der Waals surface area contributed by atoms with Crippen LogP contribution in [0.1, 0.15) is 10.4 Å². The second kappa shape index (κ2) is 3.50. The van der Waals surface area contributed by atoms with Crippen LogP contribution in [-0.4, -0.2) is 12.5 Å². The quantitative estimate of drug-likeness (QED) is 0.714. The fourth-order valence-corrected chi connectivity index (χ4v) is 3.76. The average molecular weight is 251 g/mol. The molecule has 0 fully saturated rings. The van der Waals surface area contributed by atoms with E-state index < -0.39 is 0 Å². The van der Waals surface area contributed by atoms with E-state index in [-0.39, 0.29) is 0 Å². The molecule has 0 radical (unpaired) electrons.